The maximum Gasteiger partial charge on any atom is 0.315 e. The molecule has 29 heteroatoms. The number of unbranched alkanes of at least 4 members (excludes halogenated alkanes) is 1. The van der Waals surface area contributed by atoms with Crippen molar-refractivity contribution >= 4 is 87.3 Å². The molecule has 0 saturated carbocycles. The van der Waals surface area contributed by atoms with Crippen molar-refractivity contribution < 1.29 is 67.3 Å². The second kappa shape index (κ2) is 41.9. The molecule has 0 radical (unpaired) electrons. The van der Waals surface area contributed by atoms with Crippen LogP contribution < -0.4 is 49.1 Å². The van der Waals surface area contributed by atoms with Crippen LogP contribution in [0.3, 0.4) is 0 Å². The highest BCUT2D eigenvalue weighted by Gasteiger charge is 2.43. The van der Waals surface area contributed by atoms with Crippen molar-refractivity contribution in [3.05, 3.63) is 77.7 Å². The van der Waals surface area contributed by atoms with Gasteiger partial charge in [-0.25, -0.2) is 4.79 Å². The highest BCUT2D eigenvalue weighted by molar-refractivity contribution is 8.00. The fourth-order valence-electron chi connectivity index (χ4n) is 12.2. The number of phenols is 1. The lowest BCUT2D eigenvalue weighted by Gasteiger charge is -2.25. The zero-order valence-corrected chi connectivity index (χ0v) is 57.8. The van der Waals surface area contributed by atoms with Crippen LogP contribution in [-0.4, -0.2) is 184 Å². The fourth-order valence-corrected chi connectivity index (χ4v) is 13.7. The summed E-state index contributed by atoms with van der Waals surface area (Å²) in [7, 11) is 0. The van der Waals surface area contributed by atoms with Gasteiger partial charge in [-0.15, -0.1) is 5.10 Å². The number of nitrogens with two attached hydrogens (primary N) is 3. The quantitative estimate of drug-likeness (QED) is 0.0153. The number of carbonyl (C=O) groups is 10. The predicted molar refractivity (Wildman–Crippen MR) is 370 cm³/mol. The lowest BCUT2D eigenvalue weighted by atomic mass is 9.89. The molecule has 3 aliphatic rings. The predicted octanol–water partition coefficient (Wildman–Crippen LogP) is 3.71. The number of primary amides is 1. The maximum absolute atomic E-state index is 14.6. The van der Waals surface area contributed by atoms with Crippen LogP contribution in [-0.2, 0) is 83.2 Å². The number of phenolic OH excluding ortho intramolecular Hbond substituents is 1. The van der Waals surface area contributed by atoms with Crippen LogP contribution in [0.15, 0.2) is 65.9 Å². The molecule has 2 aromatic carbocycles. The van der Waals surface area contributed by atoms with Crippen LogP contribution in [0.5, 0.6) is 5.75 Å². The summed E-state index contributed by atoms with van der Waals surface area (Å²) in [6.45, 7) is 8.43. The van der Waals surface area contributed by atoms with E-state index in [9.17, 15) is 53.1 Å². The van der Waals surface area contributed by atoms with Gasteiger partial charge in [0.1, 0.15) is 30.2 Å². The molecule has 9 atom stereocenters. The number of Topliss-reactive ketones (excluding diaryl/α,β-unsaturated/α-hetero) is 4. The molecule has 3 aliphatic heterocycles. The van der Waals surface area contributed by atoms with Gasteiger partial charge in [-0.05, 0) is 99.5 Å². The average molecular weight is 1380 g/mol. The number of aromatic hydroxyl groups is 1. The number of hydrogen-bond acceptors (Lipinski definition) is 18. The molecule has 0 spiro atoms. The van der Waals surface area contributed by atoms with E-state index in [2.05, 4.69) is 52.2 Å². The number of thioether (sulfide) groups is 1. The summed E-state index contributed by atoms with van der Waals surface area (Å²) in [4.78, 5) is 145. The van der Waals surface area contributed by atoms with E-state index in [0.29, 0.717) is 73.9 Å². The Balaban J connectivity index is 0.00000751. The topological polar surface area (TPSA) is 428 Å². The molecule has 0 unspecified atom stereocenters. The number of amides is 7. The number of ether oxygens (including phenoxy) is 3. The molecule has 28 nitrogen and oxygen atoms in total. The molecule has 14 N–H and O–H groups in total. The molecular formula is C69H102N14O14S. The van der Waals surface area contributed by atoms with Crippen LogP contribution in [0.1, 0.15) is 141 Å². The number of aryl methyl sites for hydroxylation is 1. The normalized spacial score (nSPS) is 22.5. The van der Waals surface area contributed by atoms with Crippen molar-refractivity contribution in [1.29, 1.82) is 0 Å². The first kappa shape index (κ1) is 78.7. The van der Waals surface area contributed by atoms with Crippen LogP contribution in [0.2, 0.25) is 0 Å². The van der Waals surface area contributed by atoms with Gasteiger partial charge in [-0.3, -0.25) is 52.8 Å². The number of hydrogen-bond donors (Lipinski definition) is 11. The van der Waals surface area contributed by atoms with E-state index in [0.717, 1.165) is 35.9 Å². The molecule has 98 heavy (non-hydrogen) atoms. The number of carbonyl (C=O) groups excluding carboxylic acids is 10. The fraction of sp³-hybridized carbons (Fsp3) is 0.609. The lowest BCUT2D eigenvalue weighted by Crippen LogP contribution is -2.54. The van der Waals surface area contributed by atoms with E-state index >= 15 is 0 Å². The van der Waals surface area contributed by atoms with Crippen molar-refractivity contribution in [1.82, 2.24) is 51.9 Å². The second-order valence-electron chi connectivity index (χ2n) is 25.5. The van der Waals surface area contributed by atoms with Crippen molar-refractivity contribution in [3.8, 4) is 5.75 Å². The Morgan fingerprint density at radius 3 is 2.18 bits per heavy atom. The van der Waals surface area contributed by atoms with Gasteiger partial charge in [0.05, 0.1) is 62.7 Å². The Bertz CT molecular complexity index is 3280. The molecule has 4 aromatic rings. The monoisotopic (exact) mass is 1380 g/mol. The van der Waals surface area contributed by atoms with E-state index in [-0.39, 0.29) is 132 Å². The smallest absolute Gasteiger partial charge is 0.315 e. The number of rotatable bonds is 30. The molecule has 2 aromatic heterocycles. The van der Waals surface area contributed by atoms with E-state index in [4.69, 9.17) is 31.4 Å². The third-order valence-corrected chi connectivity index (χ3v) is 18.8. The minimum absolute atomic E-state index is 0.0223. The summed E-state index contributed by atoms with van der Waals surface area (Å²) in [5.74, 6) is -7.38. The van der Waals surface area contributed by atoms with Gasteiger partial charge in [0.15, 0.2) is 23.3 Å². The summed E-state index contributed by atoms with van der Waals surface area (Å²) in [5, 5.41) is 37.0. The standard InChI is InChI=1S/C67H96N14O14S.C2H6/c1-41(2)29-55-58(86)35-43(11-9-22-71-66(69)70)62(88)73-37-50(84)32-44(30-42-18-20-49(83)21-19-42)63(89)76-56(34-46-36-72-53-15-5-4-14-52(46)53)65(91)74-54(61(68)87)16-7-8-23-81-38-47(79-80-81)31-45(64(90)75-55)33-51(85)39-95-28-27-94-26-25-93-24-10-13-48(82)12-3-6-17-59-60-57(40-96-59)77-67(92)78-60;1-2/h4-5,14-15,18-21,36,38,41,43-45,54-57,59-60,72,83H,3,6-13,16-17,22-35,37,39-40H2,1-2H3,(H2,68,87)(H,73,88)(H,74,91)(H,75,90)(H,76,89)(H4,69,70,71)(H2,77,78,92);1-2H3/t43-,44-,45+,54-,55+,56+,57+,59+,60+;/m0./s1. The Morgan fingerprint density at radius 1 is 0.724 bits per heavy atom. The largest absolute Gasteiger partial charge is 0.508 e. The van der Waals surface area contributed by atoms with Crippen LogP contribution in [0.4, 0.5) is 4.79 Å². The van der Waals surface area contributed by atoms with Gasteiger partial charge in [-0.2, -0.15) is 11.8 Å². The first-order valence-electron chi connectivity index (χ1n) is 34.4. The molecule has 2 bridgehead atoms. The number of fused-ring (bicyclic) bond motifs is 4. The SMILES string of the molecule is CC.CC(C)C[C@H]1NC(=O)[C@@H](CC(=O)COCCOCCOCCCC(=O)CCCC[C@H]2SC[C@H]3NC(=O)N[C@H]32)Cc2cn(nn2)CCCC[C@@H](C(N)=O)NC(=O)[C@@H](Cc2c[nH]c3ccccc23)NC(=O)[C@@H](Cc2ccc(O)cc2)CC(=O)CNC(=O)[C@@H](CCCN=C(N)N)CC1=O. The second-order valence-corrected chi connectivity index (χ2v) is 26.8. The number of ketones is 4. The number of nitrogens with one attached hydrogen (secondary N) is 7. The van der Waals surface area contributed by atoms with E-state index < -0.39 is 95.7 Å². The third-order valence-electron chi connectivity index (χ3n) is 17.3. The Labute approximate surface area is 577 Å². The van der Waals surface area contributed by atoms with Crippen molar-refractivity contribution in [2.45, 2.75) is 185 Å². The third kappa shape index (κ3) is 27.2. The summed E-state index contributed by atoms with van der Waals surface area (Å²) >= 11 is 1.87. The number of nitrogens with zero attached hydrogens (tertiary/aromatic N) is 4. The van der Waals surface area contributed by atoms with Crippen LogP contribution >= 0.6 is 11.8 Å². The summed E-state index contributed by atoms with van der Waals surface area (Å²) < 4.78 is 18.5. The first-order chi connectivity index (χ1) is 47.2. The van der Waals surface area contributed by atoms with E-state index in [1.807, 2.05) is 63.7 Å². The number of urea groups is 1. The zero-order chi connectivity index (χ0) is 70.9. The molecule has 7 amide bonds. The van der Waals surface area contributed by atoms with Gasteiger partial charge in [0.2, 0.25) is 29.5 Å². The minimum Gasteiger partial charge on any atom is -0.508 e. The minimum atomic E-state index is -1.28. The lowest BCUT2D eigenvalue weighted by molar-refractivity contribution is -0.135. The van der Waals surface area contributed by atoms with Crippen molar-refractivity contribution in [3.63, 3.8) is 0 Å². The molecular weight excluding hydrogens is 1280 g/mol. The Hall–Kier alpha value is -8.28. The molecule has 0 aliphatic carbocycles. The van der Waals surface area contributed by atoms with Crippen molar-refractivity contribution in [2.24, 2.45) is 45.9 Å². The number of benzene rings is 2. The van der Waals surface area contributed by atoms with E-state index in [1.165, 1.54) is 12.1 Å². The Morgan fingerprint density at radius 2 is 1.44 bits per heavy atom. The number of aromatic amines is 1. The summed E-state index contributed by atoms with van der Waals surface area (Å²) in [6, 6.07) is 10.1. The molecule has 538 valence electrons. The van der Waals surface area contributed by atoms with Crippen molar-refractivity contribution in [2.75, 3.05) is 58.5 Å². The van der Waals surface area contributed by atoms with Crippen LogP contribution in [0.25, 0.3) is 10.9 Å². The average Bonchev–Trinajstić information content (AvgIpc) is 1.65. The van der Waals surface area contributed by atoms with Gasteiger partial charge in [0, 0.05) is 111 Å². The zero-order valence-electron chi connectivity index (χ0n) is 57.0. The number of aliphatic imine (C=N–C) groups is 1. The first-order valence-corrected chi connectivity index (χ1v) is 35.5. The number of para-hydroxylation sites is 1. The Kier molecular flexibility index (Phi) is 33.6. The summed E-state index contributed by atoms with van der Waals surface area (Å²) in [6.07, 6.45) is 7.82. The molecule has 7 rings (SSSR count). The van der Waals surface area contributed by atoms with E-state index in [1.54, 1.807) is 29.2 Å². The maximum atomic E-state index is 14.6. The number of guanidine groups is 1. The highest BCUT2D eigenvalue weighted by Crippen LogP contribution is 2.33. The highest BCUT2D eigenvalue weighted by atomic mass is 32.2. The van der Waals surface area contributed by atoms with Gasteiger partial charge < -0.3 is 73.4 Å². The van der Waals surface area contributed by atoms with Gasteiger partial charge in [-0.1, -0.05) is 69.7 Å². The molecule has 5 heterocycles. The number of H-pyrrole nitrogens is 1. The summed E-state index contributed by atoms with van der Waals surface area (Å²) in [5.41, 5.74) is 19.5. The van der Waals surface area contributed by atoms with Gasteiger partial charge >= 0.3 is 6.03 Å². The molecule has 2 fully saturated rings. The van der Waals surface area contributed by atoms with Gasteiger partial charge in [0.25, 0.3) is 0 Å². The number of aromatic nitrogens is 4. The van der Waals surface area contributed by atoms with Crippen LogP contribution in [0, 0.1) is 23.7 Å². The molecule has 2 saturated heterocycles.